The lowest BCUT2D eigenvalue weighted by Crippen LogP contribution is -2.31. The molecule has 138 valence electrons. The standard InChI is InChI=1S/C18H24N6O2/c25-17(6-5-16-20-13-21-22-16)24-11-7-14(12-24)26-15-4-3-8-19-18(15)23-9-1-2-10-23/h3-4,8,13-14H,1-2,5-7,9-12H2,(H,20,21,22)/t14-/m1/s1. The molecular weight excluding hydrogens is 332 g/mol. The summed E-state index contributed by atoms with van der Waals surface area (Å²) >= 11 is 0. The number of amides is 1. The average molecular weight is 356 g/mol. The third kappa shape index (κ3) is 3.79. The molecule has 0 radical (unpaired) electrons. The molecule has 2 aromatic rings. The first-order valence-electron chi connectivity index (χ1n) is 9.28. The summed E-state index contributed by atoms with van der Waals surface area (Å²) < 4.78 is 6.22. The van der Waals surface area contributed by atoms with Gasteiger partial charge in [0.1, 0.15) is 18.3 Å². The van der Waals surface area contributed by atoms with Gasteiger partial charge in [0.15, 0.2) is 11.6 Å². The number of carbonyl (C=O) groups is 1. The Balaban J connectivity index is 1.32. The van der Waals surface area contributed by atoms with Crippen molar-refractivity contribution < 1.29 is 9.53 Å². The van der Waals surface area contributed by atoms with Gasteiger partial charge < -0.3 is 14.5 Å². The van der Waals surface area contributed by atoms with E-state index in [0.717, 1.165) is 43.4 Å². The van der Waals surface area contributed by atoms with Gasteiger partial charge in [0, 0.05) is 45.1 Å². The van der Waals surface area contributed by atoms with E-state index in [-0.39, 0.29) is 12.0 Å². The summed E-state index contributed by atoms with van der Waals surface area (Å²) in [5.41, 5.74) is 0. The van der Waals surface area contributed by atoms with Crippen LogP contribution in [0.4, 0.5) is 5.82 Å². The van der Waals surface area contributed by atoms with Crippen molar-refractivity contribution in [3.05, 3.63) is 30.5 Å². The highest BCUT2D eigenvalue weighted by atomic mass is 16.5. The number of likely N-dealkylation sites (tertiary alicyclic amines) is 1. The molecular formula is C18H24N6O2. The second kappa shape index (κ2) is 7.72. The SMILES string of the molecule is O=C(CCc1ncn[nH]1)N1CC[C@@H](Oc2cccnc2N2CCCC2)C1. The molecule has 8 heteroatoms. The van der Waals surface area contributed by atoms with Crippen molar-refractivity contribution in [1.82, 2.24) is 25.1 Å². The Bertz CT molecular complexity index is 729. The molecule has 0 bridgehead atoms. The van der Waals surface area contributed by atoms with E-state index in [9.17, 15) is 4.79 Å². The van der Waals surface area contributed by atoms with Gasteiger partial charge in [-0.25, -0.2) is 9.97 Å². The summed E-state index contributed by atoms with van der Waals surface area (Å²) in [5.74, 6) is 2.64. The van der Waals surface area contributed by atoms with Crippen LogP contribution in [0.25, 0.3) is 0 Å². The first-order valence-corrected chi connectivity index (χ1v) is 9.28. The van der Waals surface area contributed by atoms with Gasteiger partial charge in [-0.3, -0.25) is 9.89 Å². The van der Waals surface area contributed by atoms with Gasteiger partial charge in [0.05, 0.1) is 6.54 Å². The predicted octanol–water partition coefficient (Wildman–Crippen LogP) is 1.41. The van der Waals surface area contributed by atoms with Crippen molar-refractivity contribution >= 4 is 11.7 Å². The lowest BCUT2D eigenvalue weighted by molar-refractivity contribution is -0.130. The quantitative estimate of drug-likeness (QED) is 0.842. The molecule has 8 nitrogen and oxygen atoms in total. The van der Waals surface area contributed by atoms with Gasteiger partial charge in [0.2, 0.25) is 5.91 Å². The number of hydrogen-bond donors (Lipinski definition) is 1. The number of aryl methyl sites for hydroxylation is 1. The first-order chi connectivity index (χ1) is 12.8. The van der Waals surface area contributed by atoms with Gasteiger partial charge in [-0.15, -0.1) is 0 Å². The normalized spacial score (nSPS) is 19.9. The third-order valence-corrected chi connectivity index (χ3v) is 4.99. The number of hydrogen-bond acceptors (Lipinski definition) is 6. The largest absolute Gasteiger partial charge is 0.485 e. The van der Waals surface area contributed by atoms with Crippen LogP contribution in [0, 0.1) is 0 Å². The number of nitrogens with one attached hydrogen (secondary N) is 1. The molecule has 4 rings (SSSR count). The molecule has 1 amide bonds. The molecule has 1 atom stereocenters. The maximum absolute atomic E-state index is 12.4. The number of nitrogens with zero attached hydrogens (tertiary/aromatic N) is 5. The minimum absolute atomic E-state index is 0.0229. The summed E-state index contributed by atoms with van der Waals surface area (Å²) in [6.07, 6.45) is 7.58. The predicted molar refractivity (Wildman–Crippen MR) is 96.0 cm³/mol. The summed E-state index contributed by atoms with van der Waals surface area (Å²) in [4.78, 5) is 25.1. The van der Waals surface area contributed by atoms with Crippen molar-refractivity contribution in [2.75, 3.05) is 31.1 Å². The molecule has 26 heavy (non-hydrogen) atoms. The van der Waals surface area contributed by atoms with Crippen LogP contribution < -0.4 is 9.64 Å². The third-order valence-electron chi connectivity index (χ3n) is 4.99. The van der Waals surface area contributed by atoms with Crippen molar-refractivity contribution in [2.45, 2.75) is 38.2 Å². The van der Waals surface area contributed by atoms with E-state index in [0.29, 0.717) is 19.4 Å². The summed E-state index contributed by atoms with van der Waals surface area (Å²) in [6, 6.07) is 3.89. The first kappa shape index (κ1) is 16.8. The van der Waals surface area contributed by atoms with Crippen LogP contribution in [0.15, 0.2) is 24.7 Å². The fraction of sp³-hybridized carbons (Fsp3) is 0.556. The smallest absolute Gasteiger partial charge is 0.223 e. The maximum atomic E-state index is 12.4. The van der Waals surface area contributed by atoms with E-state index in [1.165, 1.54) is 19.2 Å². The van der Waals surface area contributed by atoms with Crippen LogP contribution in [0.3, 0.4) is 0 Å². The van der Waals surface area contributed by atoms with Crippen LogP contribution in [-0.4, -0.2) is 63.3 Å². The van der Waals surface area contributed by atoms with Crippen molar-refractivity contribution in [2.24, 2.45) is 0 Å². The van der Waals surface area contributed by atoms with E-state index in [4.69, 9.17) is 4.74 Å². The molecule has 0 saturated carbocycles. The van der Waals surface area contributed by atoms with Crippen molar-refractivity contribution in [3.8, 4) is 5.75 Å². The molecule has 2 aliphatic heterocycles. The van der Waals surface area contributed by atoms with E-state index >= 15 is 0 Å². The lowest BCUT2D eigenvalue weighted by Gasteiger charge is -2.22. The van der Waals surface area contributed by atoms with E-state index in [1.54, 1.807) is 0 Å². The van der Waals surface area contributed by atoms with Crippen LogP contribution in [-0.2, 0) is 11.2 Å². The van der Waals surface area contributed by atoms with Crippen LogP contribution in [0.1, 0.15) is 31.5 Å². The highest BCUT2D eigenvalue weighted by Gasteiger charge is 2.29. The Morgan fingerprint density at radius 3 is 2.96 bits per heavy atom. The second-order valence-electron chi connectivity index (χ2n) is 6.82. The number of aromatic nitrogens is 4. The van der Waals surface area contributed by atoms with Gasteiger partial charge in [0.25, 0.3) is 0 Å². The topological polar surface area (TPSA) is 87.2 Å². The Morgan fingerprint density at radius 2 is 2.15 bits per heavy atom. The number of ether oxygens (including phenoxy) is 1. The average Bonchev–Trinajstić information content (AvgIpc) is 3.42. The number of H-pyrrole nitrogens is 1. The van der Waals surface area contributed by atoms with Gasteiger partial charge in [-0.2, -0.15) is 5.10 Å². The molecule has 2 aromatic heterocycles. The van der Waals surface area contributed by atoms with Gasteiger partial charge in [-0.1, -0.05) is 0 Å². The Morgan fingerprint density at radius 1 is 1.27 bits per heavy atom. The molecule has 2 fully saturated rings. The number of aromatic amines is 1. The molecule has 1 N–H and O–H groups in total. The fourth-order valence-electron chi connectivity index (χ4n) is 3.61. The zero-order valence-corrected chi connectivity index (χ0v) is 14.8. The molecule has 2 saturated heterocycles. The molecule has 2 aliphatic rings. The highest BCUT2D eigenvalue weighted by Crippen LogP contribution is 2.30. The molecule has 0 unspecified atom stereocenters. The van der Waals surface area contributed by atoms with Gasteiger partial charge >= 0.3 is 0 Å². The fourth-order valence-corrected chi connectivity index (χ4v) is 3.61. The van der Waals surface area contributed by atoms with E-state index < -0.39 is 0 Å². The molecule has 0 aliphatic carbocycles. The van der Waals surface area contributed by atoms with Crippen LogP contribution >= 0.6 is 0 Å². The van der Waals surface area contributed by atoms with Crippen LogP contribution in [0.2, 0.25) is 0 Å². The minimum Gasteiger partial charge on any atom is -0.485 e. The number of anilines is 1. The summed E-state index contributed by atoms with van der Waals surface area (Å²) in [5, 5.41) is 6.60. The Labute approximate surface area is 152 Å². The molecule has 0 aromatic carbocycles. The van der Waals surface area contributed by atoms with Gasteiger partial charge in [-0.05, 0) is 25.0 Å². The highest BCUT2D eigenvalue weighted by molar-refractivity contribution is 5.76. The molecule has 0 spiro atoms. The Kier molecular flexibility index (Phi) is 4.99. The van der Waals surface area contributed by atoms with E-state index in [2.05, 4.69) is 25.1 Å². The zero-order valence-electron chi connectivity index (χ0n) is 14.8. The Hall–Kier alpha value is -2.64. The maximum Gasteiger partial charge on any atom is 0.223 e. The van der Waals surface area contributed by atoms with Crippen molar-refractivity contribution in [1.29, 1.82) is 0 Å². The monoisotopic (exact) mass is 356 g/mol. The zero-order chi connectivity index (χ0) is 17.8. The summed E-state index contributed by atoms with van der Waals surface area (Å²) in [6.45, 7) is 3.43. The van der Waals surface area contributed by atoms with E-state index in [1.807, 2.05) is 23.2 Å². The molecule has 4 heterocycles. The van der Waals surface area contributed by atoms with Crippen LogP contribution in [0.5, 0.6) is 5.75 Å². The number of rotatable bonds is 6. The van der Waals surface area contributed by atoms with Crippen molar-refractivity contribution in [3.63, 3.8) is 0 Å². The number of pyridine rings is 1. The number of carbonyl (C=O) groups excluding carboxylic acids is 1. The summed E-state index contributed by atoms with van der Waals surface area (Å²) in [7, 11) is 0. The minimum atomic E-state index is 0.0229. The lowest BCUT2D eigenvalue weighted by atomic mass is 10.2. The second-order valence-corrected chi connectivity index (χ2v) is 6.82.